The zero-order chi connectivity index (χ0) is 19.3. The van der Waals surface area contributed by atoms with Gasteiger partial charge in [0.05, 0.1) is 10.6 Å². The number of amides is 1. The number of anilines is 1. The maximum Gasteiger partial charge on any atom is 0.240 e. The largest absolute Gasteiger partial charge is 0.329 e. The molecule has 1 aromatic heterocycles. The van der Waals surface area contributed by atoms with Crippen molar-refractivity contribution in [2.75, 3.05) is 18.4 Å². The number of nitrogens with one attached hydrogen (secondary N) is 2. The van der Waals surface area contributed by atoms with Crippen LogP contribution in [-0.2, 0) is 28.3 Å². The summed E-state index contributed by atoms with van der Waals surface area (Å²) in [5.74, 6) is -0.183. The zero-order valence-corrected chi connectivity index (χ0v) is 18.5. The van der Waals surface area contributed by atoms with Crippen LogP contribution in [0.5, 0.6) is 0 Å². The Morgan fingerprint density at radius 3 is 2.50 bits per heavy atom. The summed E-state index contributed by atoms with van der Waals surface area (Å²) in [6.07, 6.45) is 0.864. The molecule has 0 bridgehead atoms. The lowest BCUT2D eigenvalue weighted by atomic mass is 10.1. The van der Waals surface area contributed by atoms with Crippen molar-refractivity contribution in [3.63, 3.8) is 0 Å². The smallest absolute Gasteiger partial charge is 0.240 e. The van der Waals surface area contributed by atoms with Crippen LogP contribution in [0, 0.1) is 13.8 Å². The second-order valence-corrected chi connectivity index (χ2v) is 7.80. The molecule has 0 unspecified atom stereocenters. The minimum atomic E-state index is -3.64. The third kappa shape index (κ3) is 6.75. The standard InChI is InChI=1S/C17H25N5O3S.2ClH/c1-12-16(13(2)22(3)21-12)7-8-17(23)20-14-5-4-6-15(11-14)26(24,25)19-10-9-18;;/h4-6,11,19H,7-10,18H2,1-3H3,(H,20,23);2*1H. The minimum absolute atomic E-state index is 0. The van der Waals surface area contributed by atoms with Gasteiger partial charge in [-0.3, -0.25) is 9.48 Å². The summed E-state index contributed by atoms with van der Waals surface area (Å²) < 4.78 is 28.4. The van der Waals surface area contributed by atoms with E-state index in [1.807, 2.05) is 20.9 Å². The number of aromatic nitrogens is 2. The Balaban J connectivity index is 0.00000364. The van der Waals surface area contributed by atoms with E-state index in [-0.39, 0.29) is 55.1 Å². The Labute approximate surface area is 178 Å². The maximum atomic E-state index is 12.2. The van der Waals surface area contributed by atoms with Gasteiger partial charge in [0.25, 0.3) is 0 Å². The molecule has 1 aromatic carbocycles. The van der Waals surface area contributed by atoms with E-state index >= 15 is 0 Å². The summed E-state index contributed by atoms with van der Waals surface area (Å²) in [7, 11) is -1.77. The predicted molar refractivity (Wildman–Crippen MR) is 115 cm³/mol. The predicted octanol–water partition coefficient (Wildman–Crippen LogP) is 1.69. The minimum Gasteiger partial charge on any atom is -0.329 e. The first-order valence-corrected chi connectivity index (χ1v) is 9.81. The summed E-state index contributed by atoms with van der Waals surface area (Å²) in [5, 5.41) is 7.08. The first kappa shape index (κ1) is 26.4. The van der Waals surface area contributed by atoms with Crippen LogP contribution in [0.4, 0.5) is 5.69 Å². The molecule has 2 aromatic rings. The normalized spacial score (nSPS) is 10.7. The molecule has 0 spiro atoms. The van der Waals surface area contributed by atoms with Crippen molar-refractivity contribution < 1.29 is 13.2 Å². The first-order valence-electron chi connectivity index (χ1n) is 8.33. The lowest BCUT2D eigenvalue weighted by Gasteiger charge is -2.09. The van der Waals surface area contributed by atoms with Gasteiger partial charge in [-0.25, -0.2) is 13.1 Å². The van der Waals surface area contributed by atoms with Crippen molar-refractivity contribution in [1.29, 1.82) is 0 Å². The van der Waals surface area contributed by atoms with E-state index in [1.54, 1.807) is 16.8 Å². The van der Waals surface area contributed by atoms with Gasteiger partial charge in [-0.05, 0) is 44.0 Å². The van der Waals surface area contributed by atoms with Crippen LogP contribution in [0.2, 0.25) is 0 Å². The summed E-state index contributed by atoms with van der Waals surface area (Å²) in [6.45, 7) is 4.25. The van der Waals surface area contributed by atoms with Crippen molar-refractivity contribution in [1.82, 2.24) is 14.5 Å². The number of sulfonamides is 1. The van der Waals surface area contributed by atoms with E-state index in [4.69, 9.17) is 5.73 Å². The lowest BCUT2D eigenvalue weighted by Crippen LogP contribution is -2.29. The molecule has 1 heterocycles. The van der Waals surface area contributed by atoms with Crippen LogP contribution >= 0.6 is 24.8 Å². The second kappa shape index (κ2) is 11.4. The summed E-state index contributed by atoms with van der Waals surface area (Å²) in [4.78, 5) is 12.3. The highest BCUT2D eigenvalue weighted by molar-refractivity contribution is 7.89. The van der Waals surface area contributed by atoms with Crippen LogP contribution in [0.1, 0.15) is 23.4 Å². The van der Waals surface area contributed by atoms with E-state index in [0.29, 0.717) is 12.1 Å². The van der Waals surface area contributed by atoms with E-state index in [9.17, 15) is 13.2 Å². The number of rotatable bonds is 8. The molecule has 8 nitrogen and oxygen atoms in total. The second-order valence-electron chi connectivity index (χ2n) is 6.04. The van der Waals surface area contributed by atoms with Gasteiger partial charge in [0, 0.05) is 37.9 Å². The molecule has 0 aliphatic heterocycles. The van der Waals surface area contributed by atoms with Crippen LogP contribution < -0.4 is 15.8 Å². The Hall–Kier alpha value is -1.65. The first-order chi connectivity index (χ1) is 12.2. The molecule has 4 N–H and O–H groups in total. The van der Waals surface area contributed by atoms with Gasteiger partial charge < -0.3 is 11.1 Å². The van der Waals surface area contributed by atoms with E-state index < -0.39 is 10.0 Å². The Morgan fingerprint density at radius 2 is 1.93 bits per heavy atom. The van der Waals surface area contributed by atoms with Crippen LogP contribution in [0.3, 0.4) is 0 Å². The van der Waals surface area contributed by atoms with Crippen LogP contribution in [-0.4, -0.2) is 37.2 Å². The highest BCUT2D eigenvalue weighted by Gasteiger charge is 2.15. The highest BCUT2D eigenvalue weighted by Crippen LogP contribution is 2.17. The molecule has 2 rings (SSSR count). The van der Waals surface area contributed by atoms with Gasteiger partial charge in [0.15, 0.2) is 0 Å². The van der Waals surface area contributed by atoms with Crippen molar-refractivity contribution in [3.05, 3.63) is 41.2 Å². The van der Waals surface area contributed by atoms with E-state index in [2.05, 4.69) is 15.1 Å². The fourth-order valence-corrected chi connectivity index (χ4v) is 3.75. The molecule has 1 amide bonds. The quantitative estimate of drug-likeness (QED) is 0.563. The molecule has 0 atom stereocenters. The molecule has 0 fully saturated rings. The fourth-order valence-electron chi connectivity index (χ4n) is 2.66. The van der Waals surface area contributed by atoms with Gasteiger partial charge in [0.2, 0.25) is 15.9 Å². The monoisotopic (exact) mass is 451 g/mol. The summed E-state index contributed by atoms with van der Waals surface area (Å²) >= 11 is 0. The van der Waals surface area contributed by atoms with Gasteiger partial charge in [-0.2, -0.15) is 5.10 Å². The molecule has 0 saturated carbocycles. The van der Waals surface area contributed by atoms with Crippen molar-refractivity contribution in [2.24, 2.45) is 12.8 Å². The van der Waals surface area contributed by atoms with Crippen molar-refractivity contribution in [3.8, 4) is 0 Å². The summed E-state index contributed by atoms with van der Waals surface area (Å²) in [6, 6.07) is 6.14. The summed E-state index contributed by atoms with van der Waals surface area (Å²) in [5.41, 5.74) is 8.77. The SMILES string of the molecule is Cc1nn(C)c(C)c1CCC(=O)Nc1cccc(S(=O)(=O)NCCN)c1.Cl.Cl. The number of nitrogens with two attached hydrogens (primary N) is 1. The Bertz CT molecular complexity index is 900. The molecule has 0 aliphatic rings. The van der Waals surface area contributed by atoms with Crippen LogP contribution in [0.25, 0.3) is 0 Å². The molecule has 11 heteroatoms. The van der Waals surface area contributed by atoms with E-state index in [0.717, 1.165) is 17.0 Å². The molecule has 28 heavy (non-hydrogen) atoms. The number of carbonyl (C=O) groups is 1. The number of benzene rings is 1. The number of aryl methyl sites for hydroxylation is 2. The fraction of sp³-hybridized carbons (Fsp3) is 0.412. The number of halogens is 2. The molecule has 158 valence electrons. The third-order valence-corrected chi connectivity index (χ3v) is 5.58. The lowest BCUT2D eigenvalue weighted by molar-refractivity contribution is -0.116. The number of hydrogen-bond donors (Lipinski definition) is 3. The number of nitrogens with zero attached hydrogens (tertiary/aromatic N) is 2. The van der Waals surface area contributed by atoms with Crippen molar-refractivity contribution in [2.45, 2.75) is 31.6 Å². The highest BCUT2D eigenvalue weighted by atomic mass is 35.5. The average molecular weight is 452 g/mol. The average Bonchev–Trinajstić information content (AvgIpc) is 2.83. The topological polar surface area (TPSA) is 119 Å². The third-order valence-electron chi connectivity index (χ3n) is 4.13. The van der Waals surface area contributed by atoms with Gasteiger partial charge >= 0.3 is 0 Å². The molecule has 0 radical (unpaired) electrons. The molecule has 0 saturated heterocycles. The van der Waals surface area contributed by atoms with E-state index in [1.165, 1.54) is 12.1 Å². The van der Waals surface area contributed by atoms with Gasteiger partial charge in [-0.15, -0.1) is 24.8 Å². The van der Waals surface area contributed by atoms with Crippen LogP contribution in [0.15, 0.2) is 29.2 Å². The maximum absolute atomic E-state index is 12.2. The molecular formula is C17H27Cl2N5O3S. The Kier molecular flexibility index (Phi) is 10.7. The molecular weight excluding hydrogens is 425 g/mol. The zero-order valence-electron chi connectivity index (χ0n) is 16.1. The number of hydrogen-bond acceptors (Lipinski definition) is 5. The van der Waals surface area contributed by atoms with Crippen molar-refractivity contribution >= 4 is 46.4 Å². The Morgan fingerprint density at radius 1 is 1.25 bits per heavy atom. The molecule has 0 aliphatic carbocycles. The van der Waals surface area contributed by atoms with Gasteiger partial charge in [0.1, 0.15) is 0 Å². The van der Waals surface area contributed by atoms with Gasteiger partial charge in [-0.1, -0.05) is 6.07 Å². The number of carbonyl (C=O) groups excluding carboxylic acids is 1.